The van der Waals surface area contributed by atoms with E-state index in [1.807, 2.05) is 49.4 Å². The van der Waals surface area contributed by atoms with Crippen LogP contribution in [0.15, 0.2) is 47.4 Å². The van der Waals surface area contributed by atoms with Crippen molar-refractivity contribution >= 4 is 17.7 Å². The largest absolute Gasteiger partial charge is 0.497 e. The third-order valence-corrected chi connectivity index (χ3v) is 5.12. The molecule has 1 aliphatic heterocycles. The Hall–Kier alpha value is -2.34. The predicted octanol–water partition coefficient (Wildman–Crippen LogP) is 3.65. The first-order valence-electron chi connectivity index (χ1n) is 8.62. The first-order chi connectivity index (χ1) is 12.7. The van der Waals surface area contributed by atoms with Gasteiger partial charge in [0, 0.05) is 17.9 Å². The predicted molar refractivity (Wildman–Crippen MR) is 102 cm³/mol. The number of ether oxygens (including phenoxy) is 3. The van der Waals surface area contributed by atoms with Gasteiger partial charge in [-0.2, -0.15) is 0 Å². The fraction of sp³-hybridized carbons (Fsp3) is 0.350. The second kappa shape index (κ2) is 8.85. The van der Waals surface area contributed by atoms with E-state index in [0.717, 1.165) is 34.1 Å². The number of amides is 1. The summed E-state index contributed by atoms with van der Waals surface area (Å²) in [6.45, 7) is 3.72. The van der Waals surface area contributed by atoms with Crippen LogP contribution in [0.4, 0.5) is 0 Å². The van der Waals surface area contributed by atoms with Gasteiger partial charge in [-0.25, -0.2) is 0 Å². The molecule has 0 saturated carbocycles. The van der Waals surface area contributed by atoms with Crippen LogP contribution in [0.3, 0.4) is 0 Å². The van der Waals surface area contributed by atoms with Gasteiger partial charge in [-0.1, -0.05) is 12.1 Å². The van der Waals surface area contributed by atoms with Crippen LogP contribution in [0.25, 0.3) is 0 Å². The summed E-state index contributed by atoms with van der Waals surface area (Å²) in [5, 5.41) is 2.76. The van der Waals surface area contributed by atoms with Crippen molar-refractivity contribution < 1.29 is 19.0 Å². The van der Waals surface area contributed by atoms with E-state index in [0.29, 0.717) is 19.8 Å². The van der Waals surface area contributed by atoms with Gasteiger partial charge in [0.25, 0.3) is 0 Å². The second-order valence-electron chi connectivity index (χ2n) is 5.98. The molecule has 3 rings (SSSR count). The lowest BCUT2D eigenvalue weighted by Gasteiger charge is -2.14. The van der Waals surface area contributed by atoms with Crippen LogP contribution in [-0.4, -0.2) is 31.5 Å². The van der Waals surface area contributed by atoms with E-state index in [1.54, 1.807) is 7.11 Å². The molecule has 2 aromatic carbocycles. The molecule has 0 radical (unpaired) electrons. The van der Waals surface area contributed by atoms with E-state index < -0.39 is 0 Å². The number of fused-ring (bicyclic) bond motifs is 1. The number of hydrogen-bond acceptors (Lipinski definition) is 5. The van der Waals surface area contributed by atoms with Gasteiger partial charge >= 0.3 is 0 Å². The van der Waals surface area contributed by atoms with Crippen LogP contribution in [0, 0.1) is 0 Å². The molecule has 0 saturated heterocycles. The zero-order valence-electron chi connectivity index (χ0n) is 15.0. The van der Waals surface area contributed by atoms with Crippen molar-refractivity contribution in [2.75, 3.05) is 20.3 Å². The Kier molecular flexibility index (Phi) is 6.28. The van der Waals surface area contributed by atoms with Crippen molar-refractivity contribution in [3.05, 3.63) is 48.0 Å². The number of hydrogen-bond donors (Lipinski definition) is 1. The van der Waals surface area contributed by atoms with Gasteiger partial charge in [0.05, 0.1) is 25.6 Å². The number of rotatable bonds is 6. The molecule has 0 aromatic heterocycles. The van der Waals surface area contributed by atoms with E-state index in [9.17, 15) is 4.79 Å². The van der Waals surface area contributed by atoms with Gasteiger partial charge < -0.3 is 19.5 Å². The average Bonchev–Trinajstić information content (AvgIpc) is 2.91. The molecule has 1 N–H and O–H groups in total. The molecule has 2 aromatic rings. The van der Waals surface area contributed by atoms with Crippen molar-refractivity contribution in [3.8, 4) is 17.2 Å². The topological polar surface area (TPSA) is 56.8 Å². The summed E-state index contributed by atoms with van der Waals surface area (Å²) in [5.74, 6) is 2.32. The van der Waals surface area contributed by atoms with Gasteiger partial charge in [0.2, 0.25) is 5.91 Å². The minimum absolute atomic E-state index is 0.00192. The molecule has 0 bridgehead atoms. The molecule has 0 fully saturated rings. The molecular formula is C20H23NO4S. The third-order valence-electron chi connectivity index (χ3n) is 4.03. The summed E-state index contributed by atoms with van der Waals surface area (Å²) >= 11 is 1.50. The summed E-state index contributed by atoms with van der Waals surface area (Å²) < 4.78 is 16.5. The van der Waals surface area contributed by atoms with Crippen LogP contribution >= 0.6 is 11.8 Å². The van der Waals surface area contributed by atoms with Gasteiger partial charge in [-0.15, -0.1) is 11.8 Å². The molecule has 1 atom stereocenters. The number of thioether (sulfide) groups is 1. The lowest BCUT2D eigenvalue weighted by Crippen LogP contribution is -2.30. The molecule has 6 heteroatoms. The highest BCUT2D eigenvalue weighted by Gasteiger charge is 2.16. The molecule has 1 aliphatic rings. The molecule has 1 amide bonds. The minimum Gasteiger partial charge on any atom is -0.497 e. The Morgan fingerprint density at radius 2 is 1.88 bits per heavy atom. The number of benzene rings is 2. The number of methoxy groups -OCH3 is 1. The average molecular weight is 373 g/mol. The Labute approximate surface area is 158 Å². The van der Waals surface area contributed by atoms with Crippen LogP contribution in [0.5, 0.6) is 17.2 Å². The summed E-state index contributed by atoms with van der Waals surface area (Å²) in [5.41, 5.74) is 1.03. The van der Waals surface area contributed by atoms with Gasteiger partial charge in [0.15, 0.2) is 11.5 Å². The first kappa shape index (κ1) is 18.5. The number of carbonyl (C=O) groups excluding carboxylic acids is 1. The van der Waals surface area contributed by atoms with E-state index in [2.05, 4.69) is 5.32 Å². The molecular weight excluding hydrogens is 350 g/mol. The highest BCUT2D eigenvalue weighted by atomic mass is 32.2. The van der Waals surface area contributed by atoms with Gasteiger partial charge in [0.1, 0.15) is 5.75 Å². The zero-order chi connectivity index (χ0) is 18.4. The van der Waals surface area contributed by atoms with Crippen molar-refractivity contribution in [1.29, 1.82) is 0 Å². The van der Waals surface area contributed by atoms with Crippen LogP contribution < -0.4 is 19.5 Å². The molecule has 0 aliphatic carbocycles. The van der Waals surface area contributed by atoms with Crippen molar-refractivity contribution in [2.45, 2.75) is 30.0 Å². The number of nitrogens with one attached hydrogen (secondary N) is 1. The molecule has 0 spiro atoms. The third kappa shape index (κ3) is 4.85. The molecule has 138 valence electrons. The first-order valence-corrected chi connectivity index (χ1v) is 9.50. The maximum absolute atomic E-state index is 12.4. The van der Waals surface area contributed by atoms with E-state index in [-0.39, 0.29) is 11.2 Å². The lowest BCUT2D eigenvalue weighted by molar-refractivity contribution is -0.120. The SMILES string of the molecule is COc1ccc(CNC(=O)[C@H](C)Sc2ccc3c(c2)OCCCO3)cc1. The number of carbonyl (C=O) groups is 1. The Morgan fingerprint density at radius 1 is 1.15 bits per heavy atom. The quantitative estimate of drug-likeness (QED) is 0.783. The zero-order valence-corrected chi connectivity index (χ0v) is 15.8. The Bertz CT molecular complexity index is 748. The van der Waals surface area contributed by atoms with E-state index >= 15 is 0 Å². The maximum Gasteiger partial charge on any atom is 0.233 e. The smallest absolute Gasteiger partial charge is 0.233 e. The highest BCUT2D eigenvalue weighted by molar-refractivity contribution is 8.00. The summed E-state index contributed by atoms with van der Waals surface area (Å²) in [7, 11) is 1.63. The summed E-state index contributed by atoms with van der Waals surface area (Å²) in [6.07, 6.45) is 0.876. The normalized spacial score (nSPS) is 14.2. The second-order valence-corrected chi connectivity index (χ2v) is 7.40. The molecule has 0 unspecified atom stereocenters. The summed E-state index contributed by atoms with van der Waals surface area (Å²) in [4.78, 5) is 13.4. The monoisotopic (exact) mass is 373 g/mol. The minimum atomic E-state index is -0.210. The Morgan fingerprint density at radius 3 is 2.62 bits per heavy atom. The fourth-order valence-corrected chi connectivity index (χ4v) is 3.47. The van der Waals surface area contributed by atoms with Crippen LogP contribution in [0.1, 0.15) is 18.9 Å². The maximum atomic E-state index is 12.4. The van der Waals surface area contributed by atoms with Crippen molar-refractivity contribution in [2.24, 2.45) is 0 Å². The molecule has 26 heavy (non-hydrogen) atoms. The fourth-order valence-electron chi connectivity index (χ4n) is 2.55. The molecule has 1 heterocycles. The highest BCUT2D eigenvalue weighted by Crippen LogP contribution is 2.35. The lowest BCUT2D eigenvalue weighted by atomic mass is 10.2. The van der Waals surface area contributed by atoms with Crippen LogP contribution in [0.2, 0.25) is 0 Å². The van der Waals surface area contributed by atoms with Crippen molar-refractivity contribution in [1.82, 2.24) is 5.32 Å². The Balaban J connectivity index is 1.54. The van der Waals surface area contributed by atoms with Gasteiger partial charge in [-0.3, -0.25) is 4.79 Å². The van der Waals surface area contributed by atoms with E-state index in [4.69, 9.17) is 14.2 Å². The van der Waals surface area contributed by atoms with Crippen molar-refractivity contribution in [3.63, 3.8) is 0 Å². The summed E-state index contributed by atoms with van der Waals surface area (Å²) in [6, 6.07) is 13.5. The van der Waals surface area contributed by atoms with E-state index in [1.165, 1.54) is 11.8 Å². The standard InChI is InChI=1S/C20H23NO4S/c1-14(20(22)21-13-15-4-6-16(23-2)7-5-15)26-17-8-9-18-19(12-17)25-11-3-10-24-18/h4-9,12,14H,3,10-11,13H2,1-2H3,(H,21,22)/t14-/m0/s1. The molecule has 5 nitrogen and oxygen atoms in total. The van der Waals surface area contributed by atoms with Crippen LogP contribution in [-0.2, 0) is 11.3 Å². The van der Waals surface area contributed by atoms with Gasteiger partial charge in [-0.05, 0) is 42.8 Å².